The molecule has 0 aromatic carbocycles. The van der Waals surface area contributed by atoms with Gasteiger partial charge in [-0.1, -0.05) is 10.3 Å². The fourth-order valence-corrected chi connectivity index (χ4v) is 3.21. The Morgan fingerprint density at radius 3 is 2.57 bits per heavy atom. The topological polar surface area (TPSA) is 89.9 Å². The molecule has 8 heteroatoms. The number of aryl methyl sites for hydroxylation is 1. The molecular formula is C13H18ClN5O2. The lowest BCUT2D eigenvalue weighted by atomic mass is 9.92. The highest BCUT2D eigenvalue weighted by atomic mass is 35.5. The predicted octanol–water partition coefficient (Wildman–Crippen LogP) is 1.63. The van der Waals surface area contributed by atoms with Crippen molar-refractivity contribution < 1.29 is 9.05 Å². The van der Waals surface area contributed by atoms with Crippen molar-refractivity contribution in [2.45, 2.75) is 38.5 Å². The average Bonchev–Trinajstić information content (AvgIpc) is 2.80. The highest BCUT2D eigenvalue weighted by Crippen LogP contribution is 2.63. The fraction of sp³-hybridized carbons (Fsp3) is 0.692. The van der Waals surface area contributed by atoms with E-state index in [2.05, 4.69) is 25.6 Å². The number of rotatable bonds is 3. The first-order valence-electron chi connectivity index (χ1n) is 7.08. The van der Waals surface area contributed by atoms with Crippen LogP contribution in [0.25, 0.3) is 0 Å². The SMILES string of the molecule is Cc1nc(Cc2noc(C3CC34CCNCC4)n2)no1.Cl. The van der Waals surface area contributed by atoms with Crippen molar-refractivity contribution >= 4 is 12.4 Å². The summed E-state index contributed by atoms with van der Waals surface area (Å²) in [6, 6.07) is 0. The molecule has 1 aliphatic carbocycles. The molecule has 2 fully saturated rings. The van der Waals surface area contributed by atoms with Crippen LogP contribution < -0.4 is 5.32 Å². The van der Waals surface area contributed by atoms with Gasteiger partial charge >= 0.3 is 0 Å². The van der Waals surface area contributed by atoms with Crippen molar-refractivity contribution in [3.05, 3.63) is 23.4 Å². The highest BCUT2D eigenvalue weighted by molar-refractivity contribution is 5.85. The molecule has 1 N–H and O–H groups in total. The normalized spacial score (nSPS) is 23.0. The summed E-state index contributed by atoms with van der Waals surface area (Å²) >= 11 is 0. The van der Waals surface area contributed by atoms with Crippen molar-refractivity contribution in [3.8, 4) is 0 Å². The third kappa shape index (κ3) is 2.67. The fourth-order valence-electron chi connectivity index (χ4n) is 3.21. The van der Waals surface area contributed by atoms with Gasteiger partial charge in [0, 0.05) is 12.8 Å². The van der Waals surface area contributed by atoms with E-state index in [4.69, 9.17) is 9.05 Å². The maximum Gasteiger partial charge on any atom is 0.230 e. The number of nitrogens with zero attached hydrogens (tertiary/aromatic N) is 4. The second-order valence-electron chi connectivity index (χ2n) is 5.82. The molecule has 114 valence electrons. The van der Waals surface area contributed by atoms with Crippen LogP contribution in [0.1, 0.15) is 48.6 Å². The molecule has 1 unspecified atom stereocenters. The zero-order chi connectivity index (χ0) is 13.6. The molecule has 1 saturated carbocycles. The van der Waals surface area contributed by atoms with E-state index in [-0.39, 0.29) is 12.4 Å². The van der Waals surface area contributed by atoms with Gasteiger partial charge in [0.05, 0.1) is 6.42 Å². The van der Waals surface area contributed by atoms with E-state index >= 15 is 0 Å². The molecule has 1 aliphatic heterocycles. The van der Waals surface area contributed by atoms with Crippen molar-refractivity contribution in [3.63, 3.8) is 0 Å². The molecule has 4 rings (SSSR count). The Morgan fingerprint density at radius 2 is 1.86 bits per heavy atom. The maximum absolute atomic E-state index is 5.43. The molecule has 0 radical (unpaired) electrons. The Morgan fingerprint density at radius 1 is 1.14 bits per heavy atom. The summed E-state index contributed by atoms with van der Waals surface area (Å²) < 4.78 is 10.4. The summed E-state index contributed by atoms with van der Waals surface area (Å²) in [5, 5.41) is 11.3. The molecule has 0 amide bonds. The quantitative estimate of drug-likeness (QED) is 0.921. The summed E-state index contributed by atoms with van der Waals surface area (Å²) in [4.78, 5) is 8.66. The van der Waals surface area contributed by atoms with Crippen LogP contribution in [-0.2, 0) is 6.42 Å². The predicted molar refractivity (Wildman–Crippen MR) is 75.3 cm³/mol. The average molecular weight is 312 g/mol. The zero-order valence-electron chi connectivity index (χ0n) is 11.8. The number of hydrogen-bond acceptors (Lipinski definition) is 7. The van der Waals surface area contributed by atoms with E-state index < -0.39 is 0 Å². The summed E-state index contributed by atoms with van der Waals surface area (Å²) in [6.45, 7) is 3.96. The summed E-state index contributed by atoms with van der Waals surface area (Å²) in [7, 11) is 0. The van der Waals surface area contributed by atoms with Crippen LogP contribution in [-0.4, -0.2) is 33.4 Å². The second-order valence-corrected chi connectivity index (χ2v) is 5.82. The molecular weight excluding hydrogens is 294 g/mol. The van der Waals surface area contributed by atoms with Crippen LogP contribution in [0.2, 0.25) is 0 Å². The van der Waals surface area contributed by atoms with E-state index in [1.165, 1.54) is 19.3 Å². The lowest BCUT2D eigenvalue weighted by molar-refractivity contribution is 0.310. The third-order valence-electron chi connectivity index (χ3n) is 4.46. The molecule has 3 heterocycles. The Labute approximate surface area is 128 Å². The minimum absolute atomic E-state index is 0. The monoisotopic (exact) mass is 311 g/mol. The van der Waals surface area contributed by atoms with Gasteiger partial charge in [-0.15, -0.1) is 12.4 Å². The molecule has 7 nitrogen and oxygen atoms in total. The lowest BCUT2D eigenvalue weighted by Gasteiger charge is -2.22. The van der Waals surface area contributed by atoms with Gasteiger partial charge in [0.2, 0.25) is 11.8 Å². The first-order chi connectivity index (χ1) is 9.75. The molecule has 1 spiro atoms. The van der Waals surface area contributed by atoms with Crippen LogP contribution >= 0.6 is 12.4 Å². The molecule has 2 aromatic rings. The van der Waals surface area contributed by atoms with Gasteiger partial charge in [-0.25, -0.2) is 0 Å². The molecule has 0 bridgehead atoms. The van der Waals surface area contributed by atoms with Gasteiger partial charge in [-0.2, -0.15) is 9.97 Å². The van der Waals surface area contributed by atoms with Crippen LogP contribution in [0.5, 0.6) is 0 Å². The first kappa shape index (κ1) is 14.5. The second kappa shape index (κ2) is 5.38. The largest absolute Gasteiger partial charge is 0.340 e. The van der Waals surface area contributed by atoms with Gasteiger partial charge in [-0.05, 0) is 37.8 Å². The third-order valence-corrected chi connectivity index (χ3v) is 4.46. The molecule has 21 heavy (non-hydrogen) atoms. The number of aromatic nitrogens is 4. The van der Waals surface area contributed by atoms with E-state index in [1.54, 1.807) is 6.92 Å². The van der Waals surface area contributed by atoms with E-state index in [0.717, 1.165) is 19.0 Å². The number of halogens is 1. The molecule has 1 saturated heterocycles. The van der Waals surface area contributed by atoms with Crippen molar-refractivity contribution in [1.29, 1.82) is 0 Å². The van der Waals surface area contributed by atoms with Crippen molar-refractivity contribution in [2.24, 2.45) is 5.41 Å². The molecule has 2 aromatic heterocycles. The van der Waals surface area contributed by atoms with Gasteiger partial charge in [0.25, 0.3) is 0 Å². The standard InChI is InChI=1S/C13H17N5O2.ClH/c1-8-15-10(17-19-8)6-11-16-12(20-18-11)9-7-13(9)2-4-14-5-3-13;/h9,14H,2-7H2,1H3;1H. The van der Waals surface area contributed by atoms with Crippen LogP contribution in [0, 0.1) is 12.3 Å². The van der Waals surface area contributed by atoms with Gasteiger partial charge in [-0.3, -0.25) is 0 Å². The molecule has 2 aliphatic rings. The van der Waals surface area contributed by atoms with Crippen LogP contribution in [0.15, 0.2) is 9.05 Å². The smallest absolute Gasteiger partial charge is 0.230 e. The van der Waals surface area contributed by atoms with Crippen LogP contribution in [0.4, 0.5) is 0 Å². The zero-order valence-corrected chi connectivity index (χ0v) is 12.7. The Kier molecular flexibility index (Phi) is 3.71. The molecule has 1 atom stereocenters. The minimum Gasteiger partial charge on any atom is -0.340 e. The first-order valence-corrected chi connectivity index (χ1v) is 7.08. The Hall–Kier alpha value is -1.47. The minimum atomic E-state index is 0. The van der Waals surface area contributed by atoms with Gasteiger partial charge in [0.1, 0.15) is 0 Å². The van der Waals surface area contributed by atoms with Crippen molar-refractivity contribution in [2.75, 3.05) is 13.1 Å². The van der Waals surface area contributed by atoms with Gasteiger partial charge < -0.3 is 14.4 Å². The Bertz CT molecular complexity index is 620. The van der Waals surface area contributed by atoms with Crippen LogP contribution in [0.3, 0.4) is 0 Å². The summed E-state index contributed by atoms with van der Waals surface area (Å²) in [5.41, 5.74) is 0.414. The maximum atomic E-state index is 5.43. The van der Waals surface area contributed by atoms with E-state index in [1.807, 2.05) is 0 Å². The van der Waals surface area contributed by atoms with Crippen molar-refractivity contribution in [1.82, 2.24) is 25.6 Å². The summed E-state index contributed by atoms with van der Waals surface area (Å²) in [6.07, 6.45) is 4.05. The lowest BCUT2D eigenvalue weighted by Crippen LogP contribution is -2.29. The highest BCUT2D eigenvalue weighted by Gasteiger charge is 2.57. The van der Waals surface area contributed by atoms with E-state index in [0.29, 0.717) is 35.3 Å². The summed E-state index contributed by atoms with van der Waals surface area (Å²) in [5.74, 6) is 3.01. The number of nitrogens with one attached hydrogen (secondary N) is 1. The number of piperidine rings is 1. The van der Waals surface area contributed by atoms with E-state index in [9.17, 15) is 0 Å². The number of hydrogen-bond donors (Lipinski definition) is 1. The Balaban J connectivity index is 0.00000132. The van der Waals surface area contributed by atoms with Gasteiger partial charge in [0.15, 0.2) is 11.6 Å².